The van der Waals surface area contributed by atoms with Gasteiger partial charge in [0.15, 0.2) is 0 Å². The fraction of sp³-hybridized carbons (Fsp3) is 0.250. The number of halogens is 2. The van der Waals surface area contributed by atoms with E-state index in [-0.39, 0.29) is 11.8 Å². The third kappa shape index (κ3) is 3.49. The third-order valence-corrected chi connectivity index (χ3v) is 4.37. The zero-order valence-corrected chi connectivity index (χ0v) is 14.6. The molecule has 1 aromatic carbocycles. The first-order valence-electron chi connectivity index (χ1n) is 7.35. The first kappa shape index (κ1) is 16.7. The Balaban J connectivity index is 1.76. The van der Waals surface area contributed by atoms with Crippen molar-refractivity contribution in [2.75, 3.05) is 11.6 Å². The molecule has 0 aliphatic carbocycles. The number of hydrogen-bond donors (Lipinski definition) is 1. The van der Waals surface area contributed by atoms with Crippen LogP contribution in [0.4, 0.5) is 5.69 Å². The van der Waals surface area contributed by atoms with Gasteiger partial charge in [-0.2, -0.15) is 5.10 Å². The normalized spacial score (nSPS) is 16.9. The molecule has 1 aliphatic heterocycles. The molecule has 1 unspecified atom stereocenters. The second-order valence-electron chi connectivity index (χ2n) is 5.54. The lowest BCUT2D eigenvalue weighted by Gasteiger charge is -2.14. The third-order valence-electron chi connectivity index (χ3n) is 3.63. The van der Waals surface area contributed by atoms with E-state index >= 15 is 0 Å². The lowest BCUT2D eigenvalue weighted by molar-refractivity contribution is 0.0975. The Bertz CT molecular complexity index is 807. The maximum absolute atomic E-state index is 12.3. The predicted molar refractivity (Wildman–Crippen MR) is 94.6 cm³/mol. The summed E-state index contributed by atoms with van der Waals surface area (Å²) in [5.74, 6) is 0.988. The van der Waals surface area contributed by atoms with Crippen molar-refractivity contribution in [3.05, 3.63) is 52.0 Å². The summed E-state index contributed by atoms with van der Waals surface area (Å²) in [4.78, 5) is 20.3. The highest BCUT2D eigenvalue weighted by Crippen LogP contribution is 2.29. The average molecular weight is 364 g/mol. The summed E-state index contributed by atoms with van der Waals surface area (Å²) in [5.41, 5.74) is 1.21. The largest absolute Gasteiger partial charge is 0.308 e. The second kappa shape index (κ2) is 6.75. The Morgan fingerprint density at radius 1 is 1.25 bits per heavy atom. The van der Waals surface area contributed by atoms with Crippen LogP contribution in [0.5, 0.6) is 0 Å². The van der Waals surface area contributed by atoms with Crippen LogP contribution in [-0.4, -0.2) is 28.3 Å². The summed E-state index contributed by atoms with van der Waals surface area (Å²) in [6.45, 7) is 4.39. The van der Waals surface area contributed by atoms with Crippen molar-refractivity contribution in [3.8, 4) is 0 Å². The molecule has 0 saturated heterocycles. The molecule has 3 rings (SSSR count). The number of rotatable bonds is 2. The van der Waals surface area contributed by atoms with E-state index in [2.05, 4.69) is 20.4 Å². The predicted octanol–water partition coefficient (Wildman–Crippen LogP) is 3.29. The molecule has 6 nitrogen and oxygen atoms in total. The number of benzene rings is 1. The molecule has 0 fully saturated rings. The topological polar surface area (TPSA) is 70.5 Å². The lowest BCUT2D eigenvalue weighted by Crippen LogP contribution is -2.33. The molecule has 124 valence electrons. The van der Waals surface area contributed by atoms with Crippen molar-refractivity contribution in [1.29, 1.82) is 0 Å². The molecule has 8 heteroatoms. The SMILES string of the molecule is Cc1ncc(C(=O)NC2=NN(c3ccc(Cl)c(Cl)c3)CC2C)cn1. The van der Waals surface area contributed by atoms with E-state index in [4.69, 9.17) is 23.2 Å². The number of carbonyl (C=O) groups is 1. The van der Waals surface area contributed by atoms with Crippen LogP contribution in [0.15, 0.2) is 35.7 Å². The minimum atomic E-state index is -0.281. The van der Waals surface area contributed by atoms with E-state index in [1.165, 1.54) is 12.4 Å². The number of aryl methyl sites for hydroxylation is 1. The summed E-state index contributed by atoms with van der Waals surface area (Å²) >= 11 is 12.0. The molecule has 0 radical (unpaired) electrons. The number of aromatic nitrogens is 2. The molecule has 2 aromatic rings. The summed E-state index contributed by atoms with van der Waals surface area (Å²) in [7, 11) is 0. The van der Waals surface area contributed by atoms with Gasteiger partial charge in [0.2, 0.25) is 0 Å². The second-order valence-corrected chi connectivity index (χ2v) is 6.35. The zero-order valence-electron chi connectivity index (χ0n) is 13.1. The average Bonchev–Trinajstić information content (AvgIpc) is 2.91. The molecule has 24 heavy (non-hydrogen) atoms. The standard InChI is InChI=1S/C16H15Cl2N5O/c1-9-8-23(12-3-4-13(17)14(18)5-12)22-15(9)21-16(24)11-6-19-10(2)20-7-11/h3-7,9H,8H2,1-2H3,(H,21,22,24). The Morgan fingerprint density at radius 2 is 1.96 bits per heavy atom. The summed E-state index contributed by atoms with van der Waals surface area (Å²) in [6.07, 6.45) is 2.99. The zero-order chi connectivity index (χ0) is 17.3. The number of anilines is 1. The monoisotopic (exact) mass is 363 g/mol. The molecular weight excluding hydrogens is 349 g/mol. The Labute approximate surface area is 149 Å². The van der Waals surface area contributed by atoms with Crippen LogP contribution >= 0.6 is 23.2 Å². The number of nitrogens with zero attached hydrogens (tertiary/aromatic N) is 4. The molecule has 0 spiro atoms. The number of nitrogens with one attached hydrogen (secondary N) is 1. The van der Waals surface area contributed by atoms with E-state index < -0.39 is 0 Å². The smallest absolute Gasteiger partial charge is 0.259 e. The van der Waals surface area contributed by atoms with Crippen LogP contribution in [0, 0.1) is 12.8 Å². The molecule has 1 amide bonds. The van der Waals surface area contributed by atoms with Gasteiger partial charge in [0.25, 0.3) is 5.91 Å². The Hall–Kier alpha value is -2.18. The van der Waals surface area contributed by atoms with E-state index in [1.54, 1.807) is 24.1 Å². The fourth-order valence-corrected chi connectivity index (χ4v) is 2.56. The lowest BCUT2D eigenvalue weighted by atomic mass is 10.1. The van der Waals surface area contributed by atoms with Crippen molar-refractivity contribution in [2.24, 2.45) is 11.0 Å². The Kier molecular flexibility index (Phi) is 4.69. The van der Waals surface area contributed by atoms with E-state index in [0.717, 1.165) is 5.69 Å². The Morgan fingerprint density at radius 3 is 2.62 bits per heavy atom. The first-order chi connectivity index (χ1) is 11.4. The highest BCUT2D eigenvalue weighted by atomic mass is 35.5. The van der Waals surface area contributed by atoms with Gasteiger partial charge in [0.05, 0.1) is 27.8 Å². The van der Waals surface area contributed by atoms with E-state index in [9.17, 15) is 4.79 Å². The minimum absolute atomic E-state index is 0.0646. The van der Waals surface area contributed by atoms with Gasteiger partial charge in [-0.15, -0.1) is 0 Å². The van der Waals surface area contributed by atoms with Gasteiger partial charge in [-0.25, -0.2) is 9.97 Å². The van der Waals surface area contributed by atoms with Crippen LogP contribution in [-0.2, 0) is 0 Å². The molecule has 0 saturated carbocycles. The molecule has 1 aliphatic rings. The highest BCUT2D eigenvalue weighted by molar-refractivity contribution is 6.42. The summed E-state index contributed by atoms with van der Waals surface area (Å²) in [5, 5.41) is 10.0. The van der Waals surface area contributed by atoms with Gasteiger partial charge in [-0.05, 0) is 25.1 Å². The molecule has 1 N–H and O–H groups in total. The van der Waals surface area contributed by atoms with Gasteiger partial charge in [-0.1, -0.05) is 30.1 Å². The molecule has 1 aromatic heterocycles. The molecule has 1 atom stereocenters. The number of hydrazone groups is 1. The van der Waals surface area contributed by atoms with Gasteiger partial charge in [0, 0.05) is 18.3 Å². The number of amidine groups is 1. The maximum atomic E-state index is 12.3. The van der Waals surface area contributed by atoms with Gasteiger partial charge in [0.1, 0.15) is 11.7 Å². The summed E-state index contributed by atoms with van der Waals surface area (Å²) < 4.78 is 0. The minimum Gasteiger partial charge on any atom is -0.308 e. The van der Waals surface area contributed by atoms with Crippen molar-refractivity contribution >= 4 is 40.6 Å². The maximum Gasteiger partial charge on any atom is 0.259 e. The van der Waals surface area contributed by atoms with Crippen molar-refractivity contribution < 1.29 is 4.79 Å². The van der Waals surface area contributed by atoms with Crippen LogP contribution < -0.4 is 10.3 Å². The van der Waals surface area contributed by atoms with Crippen LogP contribution in [0.25, 0.3) is 0 Å². The van der Waals surface area contributed by atoms with Gasteiger partial charge in [-0.3, -0.25) is 9.80 Å². The van der Waals surface area contributed by atoms with Crippen molar-refractivity contribution in [1.82, 2.24) is 15.3 Å². The quantitative estimate of drug-likeness (QED) is 0.888. The van der Waals surface area contributed by atoms with Gasteiger partial charge < -0.3 is 5.32 Å². The number of carbonyl (C=O) groups excluding carboxylic acids is 1. The fourth-order valence-electron chi connectivity index (χ4n) is 2.27. The molecule has 2 heterocycles. The molecule has 0 bridgehead atoms. The van der Waals surface area contributed by atoms with Crippen LogP contribution in [0.3, 0.4) is 0 Å². The van der Waals surface area contributed by atoms with Crippen LogP contribution in [0.1, 0.15) is 23.1 Å². The van der Waals surface area contributed by atoms with Crippen LogP contribution in [0.2, 0.25) is 10.0 Å². The number of amides is 1. The first-order valence-corrected chi connectivity index (χ1v) is 8.10. The van der Waals surface area contributed by atoms with Crippen molar-refractivity contribution in [3.63, 3.8) is 0 Å². The highest BCUT2D eigenvalue weighted by Gasteiger charge is 2.26. The summed E-state index contributed by atoms with van der Waals surface area (Å²) in [6, 6.07) is 5.31. The molecular formula is C16H15Cl2N5O. The van der Waals surface area contributed by atoms with Gasteiger partial charge >= 0.3 is 0 Å². The van der Waals surface area contributed by atoms with E-state index in [0.29, 0.717) is 33.8 Å². The van der Waals surface area contributed by atoms with E-state index in [1.807, 2.05) is 13.0 Å². The van der Waals surface area contributed by atoms with Crippen molar-refractivity contribution in [2.45, 2.75) is 13.8 Å². The number of hydrogen-bond acceptors (Lipinski definition) is 5.